The van der Waals surface area contributed by atoms with Gasteiger partial charge in [0, 0.05) is 36.6 Å². The van der Waals surface area contributed by atoms with Crippen molar-refractivity contribution in [3.63, 3.8) is 0 Å². The summed E-state index contributed by atoms with van der Waals surface area (Å²) in [5, 5.41) is 7.88. The number of pyridine rings is 1. The van der Waals surface area contributed by atoms with Gasteiger partial charge in [-0.2, -0.15) is 9.40 Å². The second-order valence-corrected chi connectivity index (χ2v) is 8.14. The van der Waals surface area contributed by atoms with Gasteiger partial charge in [0.05, 0.1) is 18.4 Å². The van der Waals surface area contributed by atoms with E-state index in [-0.39, 0.29) is 23.0 Å². The van der Waals surface area contributed by atoms with Crippen molar-refractivity contribution in [2.45, 2.75) is 30.3 Å². The van der Waals surface area contributed by atoms with Crippen molar-refractivity contribution in [3.8, 4) is 11.3 Å². The lowest BCUT2D eigenvalue weighted by molar-refractivity contribution is 0.335. The van der Waals surface area contributed by atoms with Crippen molar-refractivity contribution in [3.05, 3.63) is 59.5 Å². The van der Waals surface area contributed by atoms with Crippen molar-refractivity contribution in [2.24, 2.45) is 0 Å². The minimum Gasteiger partial charge on any atom is -0.363 e. The fourth-order valence-corrected chi connectivity index (χ4v) is 4.77. The normalized spacial score (nSPS) is 18.0. The third-order valence-corrected chi connectivity index (χ3v) is 6.46. The first kappa shape index (κ1) is 17.6. The van der Waals surface area contributed by atoms with Crippen LogP contribution in [0.2, 0.25) is 0 Å². The monoisotopic (exact) mass is 387 g/mol. The smallest absolute Gasteiger partial charge is 0.266 e. The maximum atomic E-state index is 12.8. The topological polar surface area (TPSA) is 111 Å². The summed E-state index contributed by atoms with van der Waals surface area (Å²) in [5.41, 5.74) is 1.18. The second kappa shape index (κ2) is 7.05. The molecule has 1 unspecified atom stereocenters. The molecule has 1 atom stereocenters. The Morgan fingerprint density at radius 1 is 1.19 bits per heavy atom. The lowest BCUT2D eigenvalue weighted by Gasteiger charge is -2.23. The van der Waals surface area contributed by atoms with Crippen LogP contribution in [0.25, 0.3) is 11.3 Å². The molecule has 3 aromatic heterocycles. The van der Waals surface area contributed by atoms with Gasteiger partial charge in [0.2, 0.25) is 10.0 Å². The summed E-state index contributed by atoms with van der Waals surface area (Å²) in [6, 6.07) is 6.33. The Hall–Kier alpha value is -2.85. The van der Waals surface area contributed by atoms with Crippen molar-refractivity contribution in [1.82, 2.24) is 24.2 Å². The van der Waals surface area contributed by atoms with Crippen LogP contribution in [0.15, 0.2) is 63.3 Å². The van der Waals surface area contributed by atoms with Crippen molar-refractivity contribution < 1.29 is 12.9 Å². The molecule has 4 heterocycles. The lowest BCUT2D eigenvalue weighted by Crippen LogP contribution is -2.40. The molecule has 10 heteroatoms. The van der Waals surface area contributed by atoms with Crippen molar-refractivity contribution in [1.29, 1.82) is 0 Å². The molecule has 1 aliphatic rings. The van der Waals surface area contributed by atoms with Crippen LogP contribution in [-0.2, 0) is 16.6 Å². The van der Waals surface area contributed by atoms with Gasteiger partial charge in [0.15, 0.2) is 0 Å². The molecule has 140 valence electrons. The molecule has 0 aromatic carbocycles. The van der Waals surface area contributed by atoms with E-state index in [1.54, 1.807) is 30.6 Å². The van der Waals surface area contributed by atoms with Gasteiger partial charge in [-0.05, 0) is 31.0 Å². The first-order valence-corrected chi connectivity index (χ1v) is 9.89. The van der Waals surface area contributed by atoms with E-state index in [1.807, 2.05) is 0 Å². The van der Waals surface area contributed by atoms with Gasteiger partial charge in [-0.1, -0.05) is 5.16 Å². The fourth-order valence-electron chi connectivity index (χ4n) is 3.22. The Balaban J connectivity index is 1.63. The van der Waals surface area contributed by atoms with Crippen LogP contribution in [0.4, 0.5) is 0 Å². The zero-order valence-electron chi connectivity index (χ0n) is 14.3. The van der Waals surface area contributed by atoms with Gasteiger partial charge in [0.25, 0.3) is 5.56 Å². The molecule has 3 aromatic rings. The lowest BCUT2D eigenvalue weighted by atomic mass is 10.2. The number of nitrogens with zero attached hydrogens (tertiary/aromatic N) is 5. The highest BCUT2D eigenvalue weighted by atomic mass is 32.2. The molecule has 0 amide bonds. The maximum Gasteiger partial charge on any atom is 0.266 e. The Morgan fingerprint density at radius 2 is 2.00 bits per heavy atom. The molecule has 0 spiro atoms. The van der Waals surface area contributed by atoms with E-state index in [2.05, 4.69) is 19.8 Å². The molecule has 1 fully saturated rings. The molecule has 1 aliphatic heterocycles. The Kier molecular flexibility index (Phi) is 4.58. The van der Waals surface area contributed by atoms with Gasteiger partial charge >= 0.3 is 0 Å². The van der Waals surface area contributed by atoms with Crippen LogP contribution < -0.4 is 5.56 Å². The summed E-state index contributed by atoms with van der Waals surface area (Å²) in [6.07, 6.45) is 6.96. The number of hydrogen-bond acceptors (Lipinski definition) is 7. The molecule has 0 bridgehead atoms. The van der Waals surface area contributed by atoms with E-state index in [0.717, 1.165) is 11.8 Å². The molecular formula is C17H17N5O4S. The summed E-state index contributed by atoms with van der Waals surface area (Å²) < 4.78 is 32.9. The highest BCUT2D eigenvalue weighted by Gasteiger charge is 2.36. The van der Waals surface area contributed by atoms with Crippen molar-refractivity contribution in [2.75, 3.05) is 6.54 Å². The van der Waals surface area contributed by atoms with E-state index in [1.165, 1.54) is 21.3 Å². The predicted molar refractivity (Wildman–Crippen MR) is 95.1 cm³/mol. The maximum absolute atomic E-state index is 12.8. The quantitative estimate of drug-likeness (QED) is 0.645. The average Bonchev–Trinajstić information content (AvgIpc) is 3.36. The summed E-state index contributed by atoms with van der Waals surface area (Å²) in [4.78, 5) is 16.3. The number of rotatable bonds is 5. The Labute approximate surface area is 155 Å². The SMILES string of the molecule is O=c1ccc(-c2ccncc2)nn1CC1CCCN1S(=O)(=O)c1cnoc1. The van der Waals surface area contributed by atoms with Gasteiger partial charge in [-0.25, -0.2) is 13.1 Å². The molecule has 0 radical (unpaired) electrons. The molecular weight excluding hydrogens is 370 g/mol. The van der Waals surface area contributed by atoms with Gasteiger partial charge < -0.3 is 4.52 Å². The van der Waals surface area contributed by atoms with Crippen LogP contribution >= 0.6 is 0 Å². The minimum absolute atomic E-state index is 0.0141. The molecule has 0 saturated carbocycles. The van der Waals surface area contributed by atoms with Gasteiger partial charge in [-0.15, -0.1) is 0 Å². The standard InChI is InChI=1S/C17H17N5O4S/c23-17-4-3-16(13-5-7-18-8-6-13)20-21(17)11-14-2-1-9-22(14)27(24,25)15-10-19-26-12-15/h3-8,10,12,14H,1-2,9,11H2. The second-order valence-electron chi connectivity index (χ2n) is 6.25. The largest absolute Gasteiger partial charge is 0.363 e. The molecule has 1 saturated heterocycles. The summed E-state index contributed by atoms with van der Waals surface area (Å²) in [7, 11) is -3.71. The Bertz CT molecular complexity index is 1080. The molecule has 0 N–H and O–H groups in total. The zero-order valence-corrected chi connectivity index (χ0v) is 15.1. The highest BCUT2D eigenvalue weighted by molar-refractivity contribution is 7.89. The molecule has 9 nitrogen and oxygen atoms in total. The molecule has 0 aliphatic carbocycles. The van der Waals surface area contributed by atoms with Crippen molar-refractivity contribution >= 4 is 10.0 Å². The van der Waals surface area contributed by atoms with E-state index in [9.17, 15) is 13.2 Å². The third kappa shape index (κ3) is 3.40. The molecule has 4 rings (SSSR count). The first-order valence-electron chi connectivity index (χ1n) is 8.45. The summed E-state index contributed by atoms with van der Waals surface area (Å²) in [5.74, 6) is 0. The van der Waals surface area contributed by atoms with Crippen LogP contribution in [0, 0.1) is 0 Å². The van der Waals surface area contributed by atoms with Crippen LogP contribution in [-0.4, -0.2) is 45.2 Å². The number of sulfonamides is 1. The predicted octanol–water partition coefficient (Wildman–Crippen LogP) is 1.15. The van der Waals surface area contributed by atoms with Gasteiger partial charge in [-0.3, -0.25) is 9.78 Å². The van der Waals surface area contributed by atoms with Crippen LogP contribution in [0.1, 0.15) is 12.8 Å². The summed E-state index contributed by atoms with van der Waals surface area (Å²) >= 11 is 0. The van der Waals surface area contributed by atoms with E-state index >= 15 is 0 Å². The number of aromatic nitrogens is 4. The highest BCUT2D eigenvalue weighted by Crippen LogP contribution is 2.26. The first-order chi connectivity index (χ1) is 13.1. The summed E-state index contributed by atoms with van der Waals surface area (Å²) in [6.45, 7) is 0.569. The van der Waals surface area contributed by atoms with Gasteiger partial charge in [0.1, 0.15) is 11.2 Å². The van der Waals surface area contributed by atoms with E-state index < -0.39 is 10.0 Å². The minimum atomic E-state index is -3.71. The molecule has 27 heavy (non-hydrogen) atoms. The van der Waals surface area contributed by atoms with E-state index in [0.29, 0.717) is 25.1 Å². The Morgan fingerprint density at radius 3 is 2.74 bits per heavy atom. The van der Waals surface area contributed by atoms with Crippen LogP contribution in [0.5, 0.6) is 0 Å². The zero-order chi connectivity index (χ0) is 18.9. The van der Waals surface area contributed by atoms with Crippen LogP contribution in [0.3, 0.4) is 0 Å². The number of hydrogen-bond donors (Lipinski definition) is 0. The third-order valence-electron chi connectivity index (χ3n) is 4.57. The van der Waals surface area contributed by atoms with E-state index in [4.69, 9.17) is 0 Å². The average molecular weight is 387 g/mol. The fraction of sp³-hybridized carbons (Fsp3) is 0.294.